The number of fused-ring (bicyclic) bond motifs is 1. The minimum absolute atomic E-state index is 0.238. The van der Waals surface area contributed by atoms with Crippen LogP contribution in [0.1, 0.15) is 61.1 Å². The zero-order valence-electron chi connectivity index (χ0n) is 24.6. The third kappa shape index (κ3) is 10.5. The first-order valence-electron chi connectivity index (χ1n) is 13.2. The van der Waals surface area contributed by atoms with Crippen molar-refractivity contribution in [3.05, 3.63) is 41.1 Å². The minimum Gasteiger partial charge on any atom is -0.384 e. The largest absolute Gasteiger partial charge is 0.384 e. The van der Waals surface area contributed by atoms with Crippen molar-refractivity contribution in [2.24, 2.45) is 5.41 Å². The molecule has 1 saturated heterocycles. The minimum atomic E-state index is -2.78. The topological polar surface area (TPSA) is 149 Å². The SMILES string of the molecule is CNC(=O)c1nonc1C.COCCc1cnn2cc(CCCC(C)(C)C(C)(F)F)nc2c1.O=C1NCC(F)(F)CN1. The van der Waals surface area contributed by atoms with Crippen molar-refractivity contribution in [2.45, 2.75) is 65.2 Å². The molecule has 0 aromatic carbocycles. The zero-order valence-corrected chi connectivity index (χ0v) is 24.6. The average Bonchev–Trinajstić information content (AvgIpc) is 3.54. The standard InChI is InChI=1S/C17H25F2N3O.C5H7N3O2.C4H6F2N2O/c1-16(2,17(3,18)19)8-5-6-14-12-22-15(21-14)10-13(11-20-22)7-9-23-4;1-3-4(5(9)6-2)8-10-7-3;5-4(6)1-7-3(9)8-2-4/h10-12H,5-9H2,1-4H3;1-2H3,(H,6,9);1-2H2,(H2,7,8,9). The number of alkyl halides is 4. The predicted molar refractivity (Wildman–Crippen MR) is 145 cm³/mol. The van der Waals surface area contributed by atoms with E-state index in [4.69, 9.17) is 4.74 Å². The van der Waals surface area contributed by atoms with Gasteiger partial charge in [-0.15, -0.1) is 0 Å². The van der Waals surface area contributed by atoms with Crippen LogP contribution in [0.4, 0.5) is 22.4 Å². The molecular weight excluding hydrogens is 564 g/mol. The fourth-order valence-corrected chi connectivity index (χ4v) is 3.47. The van der Waals surface area contributed by atoms with Crippen molar-refractivity contribution in [1.29, 1.82) is 0 Å². The molecule has 0 atom stereocenters. The molecule has 12 nitrogen and oxygen atoms in total. The number of hydrogen-bond acceptors (Lipinski definition) is 8. The molecule has 0 spiro atoms. The number of hydrogen-bond donors (Lipinski definition) is 3. The molecular formula is C26H38F4N8O4. The van der Waals surface area contributed by atoms with Gasteiger partial charge in [0.1, 0.15) is 5.69 Å². The van der Waals surface area contributed by atoms with Gasteiger partial charge in [-0.1, -0.05) is 19.0 Å². The summed E-state index contributed by atoms with van der Waals surface area (Å²) in [6, 6.07) is 1.46. The maximum atomic E-state index is 13.5. The first kappa shape index (κ1) is 34.4. The van der Waals surface area contributed by atoms with Crippen LogP contribution in [0.3, 0.4) is 0 Å². The van der Waals surface area contributed by atoms with E-state index in [2.05, 4.69) is 30.3 Å². The molecule has 1 aliphatic rings. The van der Waals surface area contributed by atoms with E-state index in [-0.39, 0.29) is 11.6 Å². The molecule has 234 valence electrons. The number of carbonyl (C=O) groups is 2. The lowest BCUT2D eigenvalue weighted by atomic mass is 9.81. The number of methoxy groups -OCH3 is 1. The second-order valence-corrected chi connectivity index (χ2v) is 10.4. The van der Waals surface area contributed by atoms with Crippen molar-refractivity contribution in [1.82, 2.24) is 40.9 Å². The van der Waals surface area contributed by atoms with Crippen LogP contribution in [-0.2, 0) is 17.6 Å². The average molecular weight is 603 g/mol. The fourth-order valence-electron chi connectivity index (χ4n) is 3.47. The highest BCUT2D eigenvalue weighted by Crippen LogP contribution is 2.39. The van der Waals surface area contributed by atoms with Crippen molar-refractivity contribution in [2.75, 3.05) is 33.9 Å². The number of imidazole rings is 1. The van der Waals surface area contributed by atoms with Gasteiger partial charge in [-0.2, -0.15) is 5.10 Å². The Balaban J connectivity index is 0.000000265. The molecule has 16 heteroatoms. The number of ether oxygens (including phenoxy) is 1. The van der Waals surface area contributed by atoms with Crippen LogP contribution in [0.5, 0.6) is 0 Å². The summed E-state index contributed by atoms with van der Waals surface area (Å²) < 4.78 is 62.3. The fraction of sp³-hybridized carbons (Fsp3) is 0.615. The molecule has 0 aliphatic carbocycles. The van der Waals surface area contributed by atoms with E-state index < -0.39 is 36.4 Å². The second-order valence-electron chi connectivity index (χ2n) is 10.4. The third-order valence-electron chi connectivity index (χ3n) is 6.55. The number of nitrogens with one attached hydrogen (secondary N) is 3. The second kappa shape index (κ2) is 14.9. The highest BCUT2D eigenvalue weighted by atomic mass is 19.3. The lowest BCUT2D eigenvalue weighted by Gasteiger charge is -2.31. The van der Waals surface area contributed by atoms with Crippen LogP contribution in [0.2, 0.25) is 0 Å². The molecule has 4 rings (SSSR count). The summed E-state index contributed by atoms with van der Waals surface area (Å²) in [6.07, 6.45) is 6.27. The van der Waals surface area contributed by atoms with E-state index in [1.54, 1.807) is 38.6 Å². The quantitative estimate of drug-likeness (QED) is 0.315. The van der Waals surface area contributed by atoms with E-state index in [1.165, 1.54) is 7.05 Å². The van der Waals surface area contributed by atoms with E-state index >= 15 is 0 Å². The summed E-state index contributed by atoms with van der Waals surface area (Å²) in [6.45, 7) is 5.40. The van der Waals surface area contributed by atoms with Gasteiger partial charge in [0.2, 0.25) is 5.92 Å². The van der Waals surface area contributed by atoms with Gasteiger partial charge in [0.25, 0.3) is 11.8 Å². The monoisotopic (exact) mass is 602 g/mol. The van der Waals surface area contributed by atoms with E-state index in [1.807, 2.05) is 22.9 Å². The van der Waals surface area contributed by atoms with Crippen LogP contribution in [0.15, 0.2) is 23.1 Å². The first-order chi connectivity index (χ1) is 19.6. The molecule has 1 fully saturated rings. The summed E-state index contributed by atoms with van der Waals surface area (Å²) in [5.74, 6) is -5.74. The molecule has 0 radical (unpaired) electrons. The Kier molecular flexibility index (Phi) is 12.2. The summed E-state index contributed by atoms with van der Waals surface area (Å²) in [7, 11) is 3.19. The number of rotatable bonds is 9. The van der Waals surface area contributed by atoms with Crippen LogP contribution in [-0.4, -0.2) is 82.5 Å². The Bertz CT molecular complexity index is 1290. The van der Waals surface area contributed by atoms with E-state index in [9.17, 15) is 27.2 Å². The maximum absolute atomic E-state index is 13.5. The van der Waals surface area contributed by atoms with Crippen LogP contribution in [0, 0.1) is 12.3 Å². The Hall–Kier alpha value is -3.82. The Morgan fingerprint density at radius 1 is 1.19 bits per heavy atom. The van der Waals surface area contributed by atoms with Crippen molar-refractivity contribution >= 4 is 17.6 Å². The van der Waals surface area contributed by atoms with Crippen molar-refractivity contribution in [3.8, 4) is 0 Å². The molecule has 3 aromatic rings. The van der Waals surface area contributed by atoms with Crippen LogP contribution in [0.25, 0.3) is 5.65 Å². The number of urea groups is 1. The molecule has 3 aromatic heterocycles. The summed E-state index contributed by atoms with van der Waals surface area (Å²) in [5.41, 5.74) is 2.48. The molecule has 1 aliphatic heterocycles. The van der Waals surface area contributed by atoms with Crippen molar-refractivity contribution < 1.29 is 36.5 Å². The van der Waals surface area contributed by atoms with Gasteiger partial charge in [0.15, 0.2) is 11.3 Å². The summed E-state index contributed by atoms with van der Waals surface area (Å²) in [5, 5.41) is 17.5. The summed E-state index contributed by atoms with van der Waals surface area (Å²) in [4.78, 5) is 25.6. The van der Waals surface area contributed by atoms with Gasteiger partial charge in [-0.3, -0.25) is 4.79 Å². The van der Waals surface area contributed by atoms with E-state index in [0.717, 1.165) is 30.2 Å². The lowest BCUT2D eigenvalue weighted by molar-refractivity contribution is -0.0927. The molecule has 4 heterocycles. The van der Waals surface area contributed by atoms with Gasteiger partial charge in [0.05, 0.1) is 37.8 Å². The van der Waals surface area contributed by atoms with Gasteiger partial charge in [-0.05, 0) is 56.3 Å². The normalized spacial score (nSPS) is 14.6. The molecule has 3 amide bonds. The number of aryl methyl sites for hydroxylation is 2. The van der Waals surface area contributed by atoms with Gasteiger partial charge < -0.3 is 20.7 Å². The maximum Gasteiger partial charge on any atom is 0.315 e. The number of halogens is 4. The van der Waals surface area contributed by atoms with Gasteiger partial charge in [0, 0.05) is 19.6 Å². The number of carbonyl (C=O) groups excluding carboxylic acids is 2. The smallest absolute Gasteiger partial charge is 0.315 e. The lowest BCUT2D eigenvalue weighted by Crippen LogP contribution is -2.54. The van der Waals surface area contributed by atoms with Crippen LogP contribution >= 0.6 is 0 Å². The van der Waals surface area contributed by atoms with Crippen molar-refractivity contribution in [3.63, 3.8) is 0 Å². The Morgan fingerprint density at radius 3 is 2.38 bits per heavy atom. The zero-order chi connectivity index (χ0) is 31.6. The third-order valence-corrected chi connectivity index (χ3v) is 6.55. The van der Waals surface area contributed by atoms with Gasteiger partial charge >= 0.3 is 6.03 Å². The number of amides is 3. The number of nitrogens with zero attached hydrogens (tertiary/aromatic N) is 5. The molecule has 3 N–H and O–H groups in total. The molecule has 42 heavy (non-hydrogen) atoms. The summed E-state index contributed by atoms with van der Waals surface area (Å²) >= 11 is 0. The molecule has 0 bridgehead atoms. The van der Waals surface area contributed by atoms with E-state index in [0.29, 0.717) is 31.6 Å². The molecule has 0 saturated carbocycles. The Labute approximate surface area is 240 Å². The Morgan fingerprint density at radius 2 is 1.86 bits per heavy atom. The number of aromatic nitrogens is 5. The highest BCUT2D eigenvalue weighted by Gasteiger charge is 2.41. The predicted octanol–water partition coefficient (Wildman–Crippen LogP) is 3.59. The first-order valence-corrected chi connectivity index (χ1v) is 13.2. The van der Waals surface area contributed by atoms with Gasteiger partial charge in [-0.25, -0.2) is 36.5 Å². The van der Waals surface area contributed by atoms with Crippen LogP contribution < -0.4 is 16.0 Å². The highest BCUT2D eigenvalue weighted by molar-refractivity contribution is 5.92. The molecule has 0 unspecified atom stereocenters.